The van der Waals surface area contributed by atoms with E-state index in [9.17, 15) is 14.1 Å². The Balaban J connectivity index is 1.37. The number of aromatic nitrogens is 1. The Morgan fingerprint density at radius 3 is 2.40 bits per heavy atom. The zero-order valence-electron chi connectivity index (χ0n) is 25.2. The average Bonchev–Trinajstić information content (AvgIpc) is 3.67. The molecule has 2 unspecified atom stereocenters. The highest BCUT2D eigenvalue weighted by atomic mass is 32.3. The van der Waals surface area contributed by atoms with Crippen LogP contribution in [-0.2, 0) is 53.5 Å². The molecule has 2 aliphatic carbocycles. The largest absolute Gasteiger partial charge is 0.394 e. The predicted octanol–water partition coefficient (Wildman–Crippen LogP) is 2.23. The molecule has 3 atom stereocenters. The molecular weight excluding hydrogens is 598 g/mol. The van der Waals surface area contributed by atoms with Gasteiger partial charge < -0.3 is 34.5 Å². The molecule has 1 aromatic rings. The number of aryl methyl sites for hydroxylation is 1. The molecular formula is C28H45N5O8S2. The number of nitrogens with one attached hydrogen (secondary N) is 2. The minimum atomic E-state index is -3.63. The Bertz CT molecular complexity index is 1290. The van der Waals surface area contributed by atoms with Crippen molar-refractivity contribution in [3.63, 3.8) is 0 Å². The minimum Gasteiger partial charge on any atom is -0.394 e. The lowest BCUT2D eigenvalue weighted by atomic mass is 9.90. The summed E-state index contributed by atoms with van der Waals surface area (Å²) in [6.07, 6.45) is 5.71. The van der Waals surface area contributed by atoms with Crippen LogP contribution < -0.4 is 10.5 Å². The summed E-state index contributed by atoms with van der Waals surface area (Å²) in [6, 6.07) is -0.506. The Morgan fingerprint density at radius 2 is 1.77 bits per heavy atom. The second kappa shape index (κ2) is 14.5. The van der Waals surface area contributed by atoms with Gasteiger partial charge in [-0.15, -0.1) is 0 Å². The SMILES string of the molecule is CC1(C)CCc2c1nc1c(c2NC(=O)N2C=C(S(=N)(N)=O)SC2[C@@](C)(O)COCCOCCOCCOCCO)CCC1. The van der Waals surface area contributed by atoms with E-state index in [0.717, 1.165) is 72.1 Å². The fraction of sp³-hybridized carbons (Fsp3) is 0.714. The normalized spacial score (nSPS) is 21.7. The molecule has 15 heteroatoms. The standard InChI is InChI=1S/C28H45N5O8S2/c1-27(2)8-7-20-23(19-5-4-6-21(19)31-24(20)27)32-26(35)33-17-22(43(29,30)37)42-25(33)28(3,36)18-41-16-15-40-14-13-39-12-11-38-10-9-34/h17,25,34,36H,4-16,18H2,1-3H3,(H3,29,30,37)(H,31,32,35)/t25?,28-/m0/s1. The number of thioether (sulfide) groups is 1. The first-order chi connectivity index (χ1) is 20.3. The van der Waals surface area contributed by atoms with Gasteiger partial charge in [-0.25, -0.2) is 18.9 Å². The van der Waals surface area contributed by atoms with Crippen molar-refractivity contribution in [2.45, 2.75) is 69.3 Å². The van der Waals surface area contributed by atoms with Crippen LogP contribution in [-0.4, -0.2) is 101 Å². The number of carbonyl (C=O) groups excluding carboxylic acids is 1. The van der Waals surface area contributed by atoms with Crippen molar-refractivity contribution in [3.8, 4) is 0 Å². The van der Waals surface area contributed by atoms with E-state index >= 15 is 0 Å². The Labute approximate surface area is 258 Å². The molecule has 13 nitrogen and oxygen atoms in total. The number of rotatable bonds is 16. The molecule has 4 rings (SSSR count). The lowest BCUT2D eigenvalue weighted by Crippen LogP contribution is -2.51. The number of hydrogen-bond acceptors (Lipinski definition) is 11. The minimum absolute atomic E-state index is 0.00402. The van der Waals surface area contributed by atoms with Gasteiger partial charge in [0.1, 0.15) is 25.1 Å². The van der Waals surface area contributed by atoms with E-state index in [1.807, 2.05) is 0 Å². The fourth-order valence-corrected chi connectivity index (χ4v) is 7.60. The van der Waals surface area contributed by atoms with Crippen LogP contribution >= 0.6 is 11.8 Å². The maximum Gasteiger partial charge on any atom is 0.327 e. The highest BCUT2D eigenvalue weighted by Crippen LogP contribution is 2.45. The number of amides is 2. The van der Waals surface area contributed by atoms with Crippen LogP contribution in [0.4, 0.5) is 10.5 Å². The number of ether oxygens (including phenoxy) is 4. The third kappa shape index (κ3) is 8.47. The monoisotopic (exact) mass is 643 g/mol. The maximum atomic E-state index is 13.8. The molecule has 1 aromatic heterocycles. The van der Waals surface area contributed by atoms with Crippen LogP contribution in [0.1, 0.15) is 56.1 Å². The van der Waals surface area contributed by atoms with Gasteiger partial charge in [0.05, 0.1) is 70.8 Å². The van der Waals surface area contributed by atoms with E-state index in [2.05, 4.69) is 19.2 Å². The van der Waals surface area contributed by atoms with Gasteiger partial charge in [0.15, 0.2) is 0 Å². The van der Waals surface area contributed by atoms with E-state index < -0.39 is 26.9 Å². The number of aliphatic hydroxyl groups is 2. The van der Waals surface area contributed by atoms with Crippen LogP contribution in [0, 0.1) is 4.78 Å². The van der Waals surface area contributed by atoms with Crippen LogP contribution in [0.5, 0.6) is 0 Å². The van der Waals surface area contributed by atoms with Crippen molar-refractivity contribution in [3.05, 3.63) is 33.0 Å². The van der Waals surface area contributed by atoms with Gasteiger partial charge in [0.2, 0.25) is 0 Å². The van der Waals surface area contributed by atoms with Crippen molar-refractivity contribution in [1.29, 1.82) is 4.78 Å². The number of pyridine rings is 1. The quantitative estimate of drug-likeness (QED) is 0.167. The predicted molar refractivity (Wildman–Crippen MR) is 164 cm³/mol. The summed E-state index contributed by atoms with van der Waals surface area (Å²) < 4.78 is 42.0. The molecule has 1 aliphatic heterocycles. The van der Waals surface area contributed by atoms with E-state index in [0.29, 0.717) is 26.4 Å². The van der Waals surface area contributed by atoms with Gasteiger partial charge in [0.25, 0.3) is 0 Å². The van der Waals surface area contributed by atoms with E-state index in [1.165, 1.54) is 18.0 Å². The molecule has 2 heterocycles. The highest BCUT2D eigenvalue weighted by molar-refractivity contribution is 8.18. The average molecular weight is 644 g/mol. The topological polar surface area (TPSA) is 190 Å². The molecule has 0 spiro atoms. The van der Waals surface area contributed by atoms with Crippen molar-refractivity contribution < 1.29 is 38.2 Å². The number of carbonyl (C=O) groups is 1. The maximum absolute atomic E-state index is 13.8. The number of nitrogens with zero attached hydrogens (tertiary/aromatic N) is 2. The summed E-state index contributed by atoms with van der Waals surface area (Å²) in [7, 11) is -3.63. The molecule has 0 bridgehead atoms. The number of fused-ring (bicyclic) bond motifs is 2. The van der Waals surface area contributed by atoms with E-state index in [-0.39, 0.29) is 42.7 Å². The van der Waals surface area contributed by atoms with Crippen LogP contribution in [0.15, 0.2) is 10.4 Å². The number of aliphatic hydroxyl groups excluding tert-OH is 1. The summed E-state index contributed by atoms with van der Waals surface area (Å²) in [5, 5.41) is 27.9. The highest BCUT2D eigenvalue weighted by Gasteiger charge is 2.45. The van der Waals surface area contributed by atoms with Crippen LogP contribution in [0.25, 0.3) is 0 Å². The lowest BCUT2D eigenvalue weighted by Gasteiger charge is -2.35. The van der Waals surface area contributed by atoms with Crippen LogP contribution in [0.3, 0.4) is 0 Å². The molecule has 0 aromatic carbocycles. The number of anilines is 1. The van der Waals surface area contributed by atoms with Crippen LogP contribution in [0.2, 0.25) is 0 Å². The Kier molecular flexibility index (Phi) is 11.5. The first-order valence-electron chi connectivity index (χ1n) is 14.6. The fourth-order valence-electron chi connectivity index (χ4n) is 5.50. The molecule has 0 radical (unpaired) electrons. The van der Waals surface area contributed by atoms with Crippen molar-refractivity contribution in [2.75, 3.05) is 64.8 Å². The molecule has 6 N–H and O–H groups in total. The van der Waals surface area contributed by atoms with E-state index in [1.54, 1.807) is 0 Å². The zero-order chi connectivity index (χ0) is 31.3. The third-order valence-electron chi connectivity index (χ3n) is 7.73. The third-order valence-corrected chi connectivity index (χ3v) is 10.8. The lowest BCUT2D eigenvalue weighted by molar-refractivity contribution is -0.0641. The molecule has 2 amide bonds. The molecule has 0 fully saturated rings. The Hall–Kier alpha value is -1.82. The van der Waals surface area contributed by atoms with Gasteiger partial charge >= 0.3 is 6.03 Å². The van der Waals surface area contributed by atoms with Crippen molar-refractivity contribution in [1.82, 2.24) is 9.88 Å². The molecule has 242 valence electrons. The molecule has 0 saturated carbocycles. The summed E-state index contributed by atoms with van der Waals surface area (Å²) in [4.78, 5) is 20.1. The van der Waals surface area contributed by atoms with E-state index in [4.69, 9.17) is 39.0 Å². The van der Waals surface area contributed by atoms with Crippen molar-refractivity contribution >= 4 is 33.4 Å². The summed E-state index contributed by atoms with van der Waals surface area (Å²) in [6.45, 7) is 7.97. The summed E-state index contributed by atoms with van der Waals surface area (Å²) >= 11 is 0.931. The molecule has 3 aliphatic rings. The van der Waals surface area contributed by atoms with Gasteiger partial charge in [-0.3, -0.25) is 9.88 Å². The Morgan fingerprint density at radius 1 is 1.14 bits per heavy atom. The summed E-state index contributed by atoms with van der Waals surface area (Å²) in [5.41, 5.74) is 3.26. The molecule has 0 saturated heterocycles. The number of nitrogens with two attached hydrogens (primary N) is 1. The van der Waals surface area contributed by atoms with Gasteiger partial charge in [-0.2, -0.15) is 0 Å². The van der Waals surface area contributed by atoms with Gasteiger partial charge in [-0.1, -0.05) is 25.6 Å². The van der Waals surface area contributed by atoms with Gasteiger partial charge in [0, 0.05) is 17.3 Å². The second-order valence-electron chi connectivity index (χ2n) is 11.8. The zero-order valence-corrected chi connectivity index (χ0v) is 26.8. The first kappa shape index (κ1) is 34.1. The number of urea groups is 1. The van der Waals surface area contributed by atoms with Crippen molar-refractivity contribution in [2.24, 2.45) is 5.14 Å². The smallest absolute Gasteiger partial charge is 0.327 e. The number of hydrogen-bond donors (Lipinski definition) is 5. The second-order valence-corrected chi connectivity index (χ2v) is 14.8. The molecule has 43 heavy (non-hydrogen) atoms. The summed E-state index contributed by atoms with van der Waals surface area (Å²) in [5.74, 6) is 0. The van der Waals surface area contributed by atoms with Gasteiger partial charge in [-0.05, 0) is 50.2 Å². The first-order valence-corrected chi connectivity index (χ1v) is 17.1.